The van der Waals surface area contributed by atoms with Gasteiger partial charge in [0.05, 0.1) is 10.6 Å². The Balaban J connectivity index is 2.35. The summed E-state index contributed by atoms with van der Waals surface area (Å²) in [6.07, 6.45) is 0. The second-order valence-electron chi connectivity index (χ2n) is 4.31. The minimum atomic E-state index is -3.74. The number of nitrogen functional groups attached to an aromatic ring is 1. The van der Waals surface area contributed by atoms with Crippen LogP contribution in [-0.4, -0.2) is 14.2 Å². The number of Topliss-reactive ketones (excluding diaryl/α,β-unsaturated/α-hetero) is 1. The molecule has 0 unspecified atom stereocenters. The Morgan fingerprint density at radius 3 is 2.45 bits per heavy atom. The van der Waals surface area contributed by atoms with Gasteiger partial charge in [-0.15, -0.1) is 0 Å². The van der Waals surface area contributed by atoms with Crippen molar-refractivity contribution in [1.29, 1.82) is 0 Å². The van der Waals surface area contributed by atoms with Crippen LogP contribution in [0.15, 0.2) is 53.4 Å². The van der Waals surface area contributed by atoms with E-state index in [1.54, 1.807) is 24.3 Å². The van der Waals surface area contributed by atoms with Gasteiger partial charge in [-0.25, -0.2) is 8.42 Å². The topological polar surface area (TPSA) is 89.3 Å². The van der Waals surface area contributed by atoms with Crippen molar-refractivity contribution >= 4 is 27.2 Å². The van der Waals surface area contributed by atoms with Gasteiger partial charge < -0.3 is 5.73 Å². The SMILES string of the molecule is CC(=O)c1cccc(S(=O)(=O)Nc2cccc(N)c2)c1. The lowest BCUT2D eigenvalue weighted by atomic mass is 10.2. The molecule has 6 heteroatoms. The molecule has 0 aliphatic rings. The zero-order chi connectivity index (χ0) is 14.8. The van der Waals surface area contributed by atoms with E-state index in [9.17, 15) is 13.2 Å². The van der Waals surface area contributed by atoms with Gasteiger partial charge in [-0.3, -0.25) is 9.52 Å². The molecule has 0 radical (unpaired) electrons. The zero-order valence-corrected chi connectivity index (χ0v) is 11.6. The van der Waals surface area contributed by atoms with Crippen LogP contribution in [0.4, 0.5) is 11.4 Å². The summed E-state index contributed by atoms with van der Waals surface area (Å²) in [6, 6.07) is 12.3. The van der Waals surface area contributed by atoms with Gasteiger partial charge in [0.1, 0.15) is 0 Å². The first-order valence-electron chi connectivity index (χ1n) is 5.88. The summed E-state index contributed by atoms with van der Waals surface area (Å²) in [5.74, 6) is -0.189. The monoisotopic (exact) mass is 290 g/mol. The third kappa shape index (κ3) is 3.16. The Morgan fingerprint density at radius 2 is 1.80 bits per heavy atom. The molecule has 0 amide bonds. The molecular formula is C14H14N2O3S. The first kappa shape index (κ1) is 14.1. The average molecular weight is 290 g/mol. The molecule has 0 spiro atoms. The summed E-state index contributed by atoms with van der Waals surface area (Å²) in [5, 5.41) is 0. The predicted octanol–water partition coefficient (Wildman–Crippen LogP) is 2.27. The number of hydrogen-bond acceptors (Lipinski definition) is 4. The summed E-state index contributed by atoms with van der Waals surface area (Å²) in [6.45, 7) is 1.39. The van der Waals surface area contributed by atoms with Gasteiger partial charge in [0.25, 0.3) is 10.0 Å². The van der Waals surface area contributed by atoms with Gasteiger partial charge in [0.15, 0.2) is 5.78 Å². The third-order valence-electron chi connectivity index (χ3n) is 2.69. The number of benzene rings is 2. The largest absolute Gasteiger partial charge is 0.399 e. The Hall–Kier alpha value is -2.34. The molecule has 3 N–H and O–H groups in total. The van der Waals surface area contributed by atoms with E-state index in [0.29, 0.717) is 16.9 Å². The second-order valence-corrected chi connectivity index (χ2v) is 6.00. The number of carbonyl (C=O) groups excluding carboxylic acids is 1. The van der Waals surface area contributed by atoms with Gasteiger partial charge in [0.2, 0.25) is 0 Å². The zero-order valence-electron chi connectivity index (χ0n) is 10.8. The number of anilines is 2. The summed E-state index contributed by atoms with van der Waals surface area (Å²) < 4.78 is 26.9. The van der Waals surface area contributed by atoms with Gasteiger partial charge in [0, 0.05) is 11.3 Å². The van der Waals surface area contributed by atoms with E-state index >= 15 is 0 Å². The molecule has 20 heavy (non-hydrogen) atoms. The lowest BCUT2D eigenvalue weighted by molar-refractivity contribution is 0.101. The fourth-order valence-electron chi connectivity index (χ4n) is 1.70. The van der Waals surface area contributed by atoms with Crippen LogP contribution in [0, 0.1) is 0 Å². The maximum atomic E-state index is 12.2. The highest BCUT2D eigenvalue weighted by molar-refractivity contribution is 7.92. The van der Waals surface area contributed by atoms with E-state index in [1.807, 2.05) is 0 Å². The highest BCUT2D eigenvalue weighted by Crippen LogP contribution is 2.19. The molecule has 2 rings (SSSR count). The quantitative estimate of drug-likeness (QED) is 0.667. The summed E-state index contributed by atoms with van der Waals surface area (Å²) in [4.78, 5) is 11.3. The average Bonchev–Trinajstić information content (AvgIpc) is 2.38. The van der Waals surface area contributed by atoms with Crippen LogP contribution in [0.2, 0.25) is 0 Å². The smallest absolute Gasteiger partial charge is 0.261 e. The number of rotatable bonds is 4. The molecule has 0 aromatic heterocycles. The van der Waals surface area contributed by atoms with E-state index in [4.69, 9.17) is 5.73 Å². The van der Waals surface area contributed by atoms with Crippen molar-refractivity contribution in [3.8, 4) is 0 Å². The maximum Gasteiger partial charge on any atom is 0.261 e. The van der Waals surface area contributed by atoms with Crippen molar-refractivity contribution in [3.05, 3.63) is 54.1 Å². The van der Waals surface area contributed by atoms with Crippen molar-refractivity contribution in [3.63, 3.8) is 0 Å². The van der Waals surface area contributed by atoms with Crippen molar-refractivity contribution < 1.29 is 13.2 Å². The minimum absolute atomic E-state index is 0.0348. The van der Waals surface area contributed by atoms with E-state index in [2.05, 4.69) is 4.72 Å². The Morgan fingerprint density at radius 1 is 1.10 bits per heavy atom. The van der Waals surface area contributed by atoms with Crippen LogP contribution in [0.25, 0.3) is 0 Å². The Labute approximate surface area is 117 Å². The minimum Gasteiger partial charge on any atom is -0.399 e. The molecule has 2 aromatic carbocycles. The highest BCUT2D eigenvalue weighted by atomic mass is 32.2. The summed E-state index contributed by atoms with van der Waals surface area (Å²) >= 11 is 0. The number of nitrogens with two attached hydrogens (primary N) is 1. The molecule has 0 atom stereocenters. The summed E-state index contributed by atoms with van der Waals surface area (Å²) in [5.41, 5.74) is 6.78. The third-order valence-corrected chi connectivity index (χ3v) is 4.07. The van der Waals surface area contributed by atoms with E-state index in [0.717, 1.165) is 0 Å². The molecule has 0 fully saturated rings. The first-order chi connectivity index (χ1) is 9.38. The van der Waals surface area contributed by atoms with Crippen molar-refractivity contribution in [2.24, 2.45) is 0 Å². The standard InChI is InChI=1S/C14H14N2O3S/c1-10(17)11-4-2-7-14(8-11)20(18,19)16-13-6-3-5-12(15)9-13/h2-9,16H,15H2,1H3. The van der Waals surface area contributed by atoms with E-state index < -0.39 is 10.0 Å². The van der Waals surface area contributed by atoms with Crippen LogP contribution in [0.5, 0.6) is 0 Å². The molecule has 0 aliphatic heterocycles. The Kier molecular flexibility index (Phi) is 3.76. The van der Waals surface area contributed by atoms with Crippen LogP contribution >= 0.6 is 0 Å². The maximum absolute atomic E-state index is 12.2. The molecular weight excluding hydrogens is 276 g/mol. The van der Waals surface area contributed by atoms with Gasteiger partial charge >= 0.3 is 0 Å². The van der Waals surface area contributed by atoms with Gasteiger partial charge in [-0.05, 0) is 37.3 Å². The first-order valence-corrected chi connectivity index (χ1v) is 7.36. The lowest BCUT2D eigenvalue weighted by Gasteiger charge is -2.09. The predicted molar refractivity (Wildman–Crippen MR) is 78.1 cm³/mol. The number of sulfonamides is 1. The van der Waals surface area contributed by atoms with Crippen LogP contribution < -0.4 is 10.5 Å². The van der Waals surface area contributed by atoms with Crippen LogP contribution in [0.3, 0.4) is 0 Å². The van der Waals surface area contributed by atoms with E-state index in [-0.39, 0.29) is 10.7 Å². The summed E-state index contributed by atoms with van der Waals surface area (Å²) in [7, 11) is -3.74. The van der Waals surface area contributed by atoms with Gasteiger partial charge in [-0.2, -0.15) is 0 Å². The molecule has 0 aliphatic carbocycles. The molecule has 0 bridgehead atoms. The number of hydrogen-bond donors (Lipinski definition) is 2. The fraction of sp³-hybridized carbons (Fsp3) is 0.0714. The van der Waals surface area contributed by atoms with Crippen molar-refractivity contribution in [1.82, 2.24) is 0 Å². The van der Waals surface area contributed by atoms with Crippen LogP contribution in [0.1, 0.15) is 17.3 Å². The highest BCUT2D eigenvalue weighted by Gasteiger charge is 2.15. The number of nitrogens with one attached hydrogen (secondary N) is 1. The lowest BCUT2D eigenvalue weighted by Crippen LogP contribution is -2.13. The fourth-order valence-corrected chi connectivity index (χ4v) is 2.79. The molecule has 0 saturated heterocycles. The number of ketones is 1. The Bertz CT molecular complexity index is 755. The van der Waals surface area contributed by atoms with E-state index in [1.165, 1.54) is 31.2 Å². The number of carbonyl (C=O) groups is 1. The van der Waals surface area contributed by atoms with Gasteiger partial charge in [-0.1, -0.05) is 18.2 Å². The van der Waals surface area contributed by atoms with Crippen molar-refractivity contribution in [2.45, 2.75) is 11.8 Å². The normalized spacial score (nSPS) is 11.1. The van der Waals surface area contributed by atoms with Crippen LogP contribution in [-0.2, 0) is 10.0 Å². The molecule has 0 saturated carbocycles. The van der Waals surface area contributed by atoms with Crippen molar-refractivity contribution in [2.75, 3.05) is 10.5 Å². The molecule has 104 valence electrons. The molecule has 5 nitrogen and oxygen atoms in total. The molecule has 0 heterocycles. The second kappa shape index (κ2) is 5.34. The molecule has 2 aromatic rings.